The lowest BCUT2D eigenvalue weighted by Gasteiger charge is -2.07. The molecule has 0 radical (unpaired) electrons. The van der Waals surface area contributed by atoms with Crippen molar-refractivity contribution in [2.75, 3.05) is 7.11 Å². The van der Waals surface area contributed by atoms with E-state index < -0.39 is 0 Å². The number of methoxy groups -OCH3 is 1. The lowest BCUT2D eigenvalue weighted by molar-refractivity contribution is 0.414. The third kappa shape index (κ3) is 3.69. The summed E-state index contributed by atoms with van der Waals surface area (Å²) < 4.78 is 7.24. The van der Waals surface area contributed by atoms with Crippen LogP contribution in [-0.4, -0.2) is 16.5 Å². The Balaban J connectivity index is 1.88. The predicted molar refractivity (Wildman–Crippen MR) is 116 cm³/mol. The van der Waals surface area contributed by atoms with Crippen molar-refractivity contribution in [1.29, 1.82) is 0 Å². The summed E-state index contributed by atoms with van der Waals surface area (Å²) in [5, 5.41) is 0.580. The number of ether oxygens (including phenoxy) is 1. The Morgan fingerprint density at radius 2 is 1.97 bits per heavy atom. The Labute approximate surface area is 175 Å². The molecule has 29 heavy (non-hydrogen) atoms. The predicted octanol–water partition coefficient (Wildman–Crippen LogP) is 3.23. The van der Waals surface area contributed by atoms with Gasteiger partial charge in [-0.05, 0) is 42.3 Å². The Hall–Kier alpha value is -2.96. The van der Waals surface area contributed by atoms with Crippen molar-refractivity contribution >= 4 is 34.0 Å². The summed E-state index contributed by atoms with van der Waals surface area (Å²) in [6.45, 7) is 1.77. The lowest BCUT2D eigenvalue weighted by atomic mass is 10.1. The maximum Gasteiger partial charge on any atom is 0.277 e. The summed E-state index contributed by atoms with van der Waals surface area (Å²) in [5.74, 6) is 0.707. The van der Waals surface area contributed by atoms with Gasteiger partial charge in [0.1, 0.15) is 5.75 Å². The van der Waals surface area contributed by atoms with Crippen LogP contribution in [0.3, 0.4) is 0 Å². The summed E-state index contributed by atoms with van der Waals surface area (Å²) >= 11 is 7.44. The third-order valence-electron chi connectivity index (χ3n) is 4.75. The molecule has 0 saturated carbocycles. The van der Waals surface area contributed by atoms with E-state index in [-0.39, 0.29) is 11.1 Å². The van der Waals surface area contributed by atoms with E-state index in [0.717, 1.165) is 11.1 Å². The molecule has 2 heterocycles. The molecule has 7 heteroatoms. The summed E-state index contributed by atoms with van der Waals surface area (Å²) in [6, 6.07) is 14.8. The molecule has 0 saturated heterocycles. The van der Waals surface area contributed by atoms with Crippen LogP contribution >= 0.6 is 22.9 Å². The van der Waals surface area contributed by atoms with E-state index in [4.69, 9.17) is 16.3 Å². The van der Waals surface area contributed by atoms with Crippen LogP contribution in [-0.2, 0) is 6.42 Å². The number of aromatic nitrogens is 2. The van der Waals surface area contributed by atoms with Gasteiger partial charge in [0, 0.05) is 22.7 Å². The van der Waals surface area contributed by atoms with E-state index in [9.17, 15) is 9.59 Å². The molecule has 5 nitrogen and oxygen atoms in total. The van der Waals surface area contributed by atoms with E-state index in [1.807, 2.05) is 42.5 Å². The highest BCUT2D eigenvalue weighted by atomic mass is 35.5. The first kappa shape index (κ1) is 19.4. The zero-order valence-corrected chi connectivity index (χ0v) is 17.4. The van der Waals surface area contributed by atoms with Gasteiger partial charge in [0.2, 0.25) is 4.96 Å². The van der Waals surface area contributed by atoms with Crippen LogP contribution in [0.2, 0.25) is 5.02 Å². The number of aryl methyl sites for hydroxylation is 1. The number of rotatable bonds is 4. The minimum Gasteiger partial charge on any atom is -0.497 e. The SMILES string of the molecule is COc1cccc(/C=c2\sc3nc(=O)c(Cc4ccccc4Cl)c(C)n3c2=O)c1. The number of hydrogen-bond donors (Lipinski definition) is 0. The van der Waals surface area contributed by atoms with Crippen LogP contribution in [0.15, 0.2) is 58.1 Å². The average Bonchev–Trinajstić information content (AvgIpc) is 3.01. The topological polar surface area (TPSA) is 60.7 Å². The standard InChI is InChI=1S/C22H17ClN2O3S/c1-13-17(12-15-7-3-4-9-18(15)23)20(26)24-22-25(13)21(27)19(29-22)11-14-6-5-8-16(10-14)28-2/h3-11H,12H2,1-2H3/b19-11-. The maximum absolute atomic E-state index is 13.0. The minimum atomic E-state index is -0.336. The van der Waals surface area contributed by atoms with Gasteiger partial charge in [-0.25, -0.2) is 0 Å². The van der Waals surface area contributed by atoms with Gasteiger partial charge in [0.25, 0.3) is 11.1 Å². The van der Waals surface area contributed by atoms with Crippen LogP contribution in [0.1, 0.15) is 22.4 Å². The summed E-state index contributed by atoms with van der Waals surface area (Å²) in [7, 11) is 1.59. The fourth-order valence-corrected chi connectivity index (χ4v) is 4.42. The highest BCUT2D eigenvalue weighted by molar-refractivity contribution is 7.15. The zero-order valence-electron chi connectivity index (χ0n) is 15.8. The molecule has 0 aliphatic rings. The van der Waals surface area contributed by atoms with Crippen molar-refractivity contribution in [3.63, 3.8) is 0 Å². The zero-order chi connectivity index (χ0) is 20.5. The number of hydrogen-bond acceptors (Lipinski definition) is 5. The molecule has 2 aromatic carbocycles. The second kappa shape index (κ2) is 7.81. The van der Waals surface area contributed by atoms with E-state index in [2.05, 4.69) is 4.98 Å². The molecule has 4 aromatic rings. The molecule has 0 fully saturated rings. The Morgan fingerprint density at radius 3 is 2.72 bits per heavy atom. The van der Waals surface area contributed by atoms with Gasteiger partial charge in [-0.2, -0.15) is 4.98 Å². The number of thiazole rings is 1. The van der Waals surface area contributed by atoms with E-state index in [0.29, 0.717) is 37.9 Å². The first-order chi connectivity index (χ1) is 14.0. The molecule has 4 rings (SSSR count). The molecule has 0 aliphatic heterocycles. The molecule has 146 valence electrons. The molecular weight excluding hydrogens is 408 g/mol. The molecule has 2 aromatic heterocycles. The van der Waals surface area contributed by atoms with Gasteiger partial charge in [0.15, 0.2) is 0 Å². The van der Waals surface area contributed by atoms with Crippen LogP contribution in [0, 0.1) is 6.92 Å². The number of nitrogens with zero attached hydrogens (tertiary/aromatic N) is 2. The number of halogens is 1. The van der Waals surface area contributed by atoms with Crippen LogP contribution < -0.4 is 20.4 Å². The highest BCUT2D eigenvalue weighted by Crippen LogP contribution is 2.19. The van der Waals surface area contributed by atoms with Crippen molar-refractivity contribution in [1.82, 2.24) is 9.38 Å². The second-order valence-corrected chi connectivity index (χ2v) is 7.98. The molecular formula is C22H17ClN2O3S. The van der Waals surface area contributed by atoms with Crippen molar-refractivity contribution in [2.24, 2.45) is 0 Å². The largest absolute Gasteiger partial charge is 0.497 e. The fraction of sp³-hybridized carbons (Fsp3) is 0.136. The quantitative estimate of drug-likeness (QED) is 0.504. The summed E-state index contributed by atoms with van der Waals surface area (Å²) in [6.07, 6.45) is 2.10. The second-order valence-electron chi connectivity index (χ2n) is 6.56. The van der Waals surface area contributed by atoms with Crippen molar-refractivity contribution in [3.05, 3.63) is 101 Å². The maximum atomic E-state index is 13.0. The van der Waals surface area contributed by atoms with Crippen LogP contribution in [0.4, 0.5) is 0 Å². The van der Waals surface area contributed by atoms with Gasteiger partial charge >= 0.3 is 0 Å². The van der Waals surface area contributed by atoms with Crippen molar-refractivity contribution < 1.29 is 4.74 Å². The molecule has 0 amide bonds. The molecule has 0 spiro atoms. The summed E-state index contributed by atoms with van der Waals surface area (Å²) in [5.41, 5.74) is 2.19. The van der Waals surface area contributed by atoms with Crippen molar-refractivity contribution in [3.8, 4) is 5.75 Å². The van der Waals surface area contributed by atoms with Gasteiger partial charge in [0.05, 0.1) is 11.6 Å². The van der Waals surface area contributed by atoms with Crippen LogP contribution in [0.5, 0.6) is 5.75 Å². The van der Waals surface area contributed by atoms with Gasteiger partial charge in [-0.15, -0.1) is 0 Å². The molecule has 0 unspecified atom stereocenters. The van der Waals surface area contributed by atoms with E-state index in [1.54, 1.807) is 26.2 Å². The Morgan fingerprint density at radius 1 is 1.17 bits per heavy atom. The van der Waals surface area contributed by atoms with Gasteiger partial charge in [-0.1, -0.05) is 53.3 Å². The summed E-state index contributed by atoms with van der Waals surface area (Å²) in [4.78, 5) is 30.2. The number of fused-ring (bicyclic) bond motifs is 1. The number of benzene rings is 2. The van der Waals surface area contributed by atoms with Gasteiger partial charge in [-0.3, -0.25) is 14.0 Å². The van der Waals surface area contributed by atoms with Crippen LogP contribution in [0.25, 0.3) is 11.0 Å². The molecule has 0 N–H and O–H groups in total. The van der Waals surface area contributed by atoms with E-state index >= 15 is 0 Å². The average molecular weight is 425 g/mol. The molecule has 0 bridgehead atoms. The normalized spacial score (nSPS) is 11.9. The minimum absolute atomic E-state index is 0.196. The van der Waals surface area contributed by atoms with Gasteiger partial charge < -0.3 is 4.74 Å². The third-order valence-corrected chi connectivity index (χ3v) is 6.09. The Kier molecular flexibility index (Phi) is 5.22. The monoisotopic (exact) mass is 424 g/mol. The molecule has 0 atom stereocenters. The first-order valence-corrected chi connectivity index (χ1v) is 10.1. The highest BCUT2D eigenvalue weighted by Gasteiger charge is 2.15. The van der Waals surface area contributed by atoms with E-state index in [1.165, 1.54) is 15.7 Å². The fourth-order valence-electron chi connectivity index (χ4n) is 3.21. The lowest BCUT2D eigenvalue weighted by Crippen LogP contribution is -2.27. The first-order valence-electron chi connectivity index (χ1n) is 8.92. The molecule has 0 aliphatic carbocycles. The smallest absolute Gasteiger partial charge is 0.277 e. The Bertz CT molecular complexity index is 1390. The van der Waals surface area contributed by atoms with Crippen molar-refractivity contribution in [2.45, 2.75) is 13.3 Å².